The van der Waals surface area contributed by atoms with Gasteiger partial charge in [-0.05, 0) is 54.9 Å². The molecule has 0 saturated heterocycles. The van der Waals surface area contributed by atoms with Gasteiger partial charge >= 0.3 is 0 Å². The van der Waals surface area contributed by atoms with E-state index in [9.17, 15) is 0 Å². The van der Waals surface area contributed by atoms with Gasteiger partial charge in [0.05, 0.1) is 6.61 Å². The van der Waals surface area contributed by atoms with Crippen molar-refractivity contribution in [2.24, 2.45) is 5.92 Å². The largest absolute Gasteiger partial charge is 0.494 e. The van der Waals surface area contributed by atoms with Crippen molar-refractivity contribution in [3.8, 4) is 5.75 Å². The number of unbranched alkanes of at least 4 members (excludes halogenated alkanes) is 10. The molecule has 1 heteroatoms. The molecule has 0 fully saturated rings. The first kappa shape index (κ1) is 24.0. The molecule has 0 saturated carbocycles. The number of rotatable bonds is 16. The van der Waals surface area contributed by atoms with E-state index in [2.05, 4.69) is 44.2 Å². The van der Waals surface area contributed by atoms with Crippen LogP contribution in [-0.4, -0.2) is 6.61 Å². The predicted molar refractivity (Wildman–Crippen MR) is 129 cm³/mol. The Labute approximate surface area is 181 Å². The number of hydrogen-bond donors (Lipinski definition) is 0. The van der Waals surface area contributed by atoms with Gasteiger partial charge in [0.15, 0.2) is 0 Å². The van der Waals surface area contributed by atoms with Gasteiger partial charge in [-0.1, -0.05) is 109 Å². The minimum Gasteiger partial charge on any atom is -0.494 e. The minimum atomic E-state index is 0.855. The van der Waals surface area contributed by atoms with Crippen molar-refractivity contribution in [3.05, 3.63) is 35.9 Å². The Hall–Kier alpha value is -1.24. The fourth-order valence-corrected chi connectivity index (χ4v) is 4.46. The summed E-state index contributed by atoms with van der Waals surface area (Å²) < 4.78 is 5.93. The molecule has 1 nitrogen and oxygen atoms in total. The van der Waals surface area contributed by atoms with E-state index in [1.54, 1.807) is 5.57 Å². The molecule has 1 aliphatic rings. The Kier molecular flexibility index (Phi) is 12.9. The van der Waals surface area contributed by atoms with Crippen molar-refractivity contribution in [1.82, 2.24) is 0 Å². The summed E-state index contributed by atoms with van der Waals surface area (Å²) in [5.41, 5.74) is 2.95. The lowest BCUT2D eigenvalue weighted by Crippen LogP contribution is -2.05. The maximum Gasteiger partial charge on any atom is 0.119 e. The van der Waals surface area contributed by atoms with E-state index >= 15 is 0 Å². The van der Waals surface area contributed by atoms with Crippen LogP contribution in [0.5, 0.6) is 5.75 Å². The van der Waals surface area contributed by atoms with E-state index in [0.29, 0.717) is 0 Å². The highest BCUT2D eigenvalue weighted by atomic mass is 16.5. The number of hydrogen-bond acceptors (Lipinski definition) is 1. The maximum atomic E-state index is 5.93. The molecule has 0 amide bonds. The standard InChI is InChI=1S/C28H46O/c1-3-5-7-9-11-13-15-25-16-18-26(19-17-25)27-20-22-28(23-21-27)29-24-14-12-10-8-6-4-2/h18,20-23,25H,3-17,19,24H2,1-2H3. The van der Waals surface area contributed by atoms with Gasteiger partial charge in [0, 0.05) is 0 Å². The average molecular weight is 399 g/mol. The Morgan fingerprint density at radius 1 is 0.759 bits per heavy atom. The summed E-state index contributed by atoms with van der Waals surface area (Å²) in [4.78, 5) is 0. The second-order valence-corrected chi connectivity index (χ2v) is 9.07. The highest BCUT2D eigenvalue weighted by Gasteiger charge is 2.15. The highest BCUT2D eigenvalue weighted by molar-refractivity contribution is 5.66. The van der Waals surface area contributed by atoms with Crippen LogP contribution in [0, 0.1) is 5.92 Å². The van der Waals surface area contributed by atoms with E-state index in [-0.39, 0.29) is 0 Å². The first-order valence-electron chi connectivity index (χ1n) is 12.8. The minimum absolute atomic E-state index is 0.855. The molecule has 1 aromatic carbocycles. The molecule has 0 radical (unpaired) electrons. The van der Waals surface area contributed by atoms with Crippen molar-refractivity contribution in [2.75, 3.05) is 6.61 Å². The lowest BCUT2D eigenvalue weighted by Gasteiger charge is -2.22. The topological polar surface area (TPSA) is 9.23 Å². The number of ether oxygens (including phenoxy) is 1. The van der Waals surface area contributed by atoms with E-state index in [4.69, 9.17) is 4.74 Å². The molecule has 29 heavy (non-hydrogen) atoms. The highest BCUT2D eigenvalue weighted by Crippen LogP contribution is 2.33. The zero-order valence-electron chi connectivity index (χ0n) is 19.4. The third-order valence-corrected chi connectivity index (χ3v) is 6.48. The molecule has 0 spiro atoms. The summed E-state index contributed by atoms with van der Waals surface area (Å²) in [6, 6.07) is 8.85. The van der Waals surface area contributed by atoms with Gasteiger partial charge in [-0.25, -0.2) is 0 Å². The first-order chi connectivity index (χ1) is 14.3. The zero-order chi connectivity index (χ0) is 20.6. The van der Waals surface area contributed by atoms with Crippen molar-refractivity contribution in [3.63, 3.8) is 0 Å². The SMILES string of the molecule is CCCCCCCCOc1ccc(C2=CCC(CCCCCCCC)CC2)cc1. The second kappa shape index (κ2) is 15.6. The molecule has 1 aliphatic carbocycles. The first-order valence-corrected chi connectivity index (χ1v) is 12.8. The summed E-state index contributed by atoms with van der Waals surface area (Å²) in [5, 5.41) is 0. The number of benzene rings is 1. The van der Waals surface area contributed by atoms with Crippen molar-refractivity contribution in [1.29, 1.82) is 0 Å². The Bertz CT molecular complexity index is 542. The van der Waals surface area contributed by atoms with Crippen LogP contribution in [0.2, 0.25) is 0 Å². The van der Waals surface area contributed by atoms with Crippen molar-refractivity contribution < 1.29 is 4.74 Å². The van der Waals surface area contributed by atoms with Crippen LogP contribution >= 0.6 is 0 Å². The van der Waals surface area contributed by atoms with Gasteiger partial charge in [0.1, 0.15) is 5.75 Å². The number of allylic oxidation sites excluding steroid dienone is 2. The lowest BCUT2D eigenvalue weighted by atomic mass is 9.84. The Morgan fingerprint density at radius 3 is 2.00 bits per heavy atom. The van der Waals surface area contributed by atoms with E-state index in [1.165, 1.54) is 108 Å². The second-order valence-electron chi connectivity index (χ2n) is 9.07. The normalized spacial score (nSPS) is 16.6. The van der Waals surface area contributed by atoms with Crippen LogP contribution in [0.4, 0.5) is 0 Å². The lowest BCUT2D eigenvalue weighted by molar-refractivity contribution is 0.304. The predicted octanol–water partition coefficient (Wildman–Crippen LogP) is 9.36. The smallest absolute Gasteiger partial charge is 0.119 e. The van der Waals surface area contributed by atoms with E-state index < -0.39 is 0 Å². The average Bonchev–Trinajstić information content (AvgIpc) is 2.76. The van der Waals surface area contributed by atoms with Gasteiger partial charge < -0.3 is 4.74 Å². The molecule has 0 bridgehead atoms. The molecule has 1 unspecified atom stereocenters. The van der Waals surface area contributed by atoms with Crippen LogP contribution in [0.1, 0.15) is 122 Å². The van der Waals surface area contributed by atoms with Crippen LogP contribution in [0.15, 0.2) is 30.3 Å². The summed E-state index contributed by atoms with van der Waals surface area (Å²) in [5.74, 6) is 1.95. The maximum absolute atomic E-state index is 5.93. The van der Waals surface area contributed by atoms with E-state index in [0.717, 1.165) is 18.3 Å². The van der Waals surface area contributed by atoms with Gasteiger partial charge in [-0.3, -0.25) is 0 Å². The Morgan fingerprint density at radius 2 is 1.38 bits per heavy atom. The van der Waals surface area contributed by atoms with Crippen LogP contribution in [0.25, 0.3) is 5.57 Å². The van der Waals surface area contributed by atoms with Gasteiger partial charge in [0.2, 0.25) is 0 Å². The molecule has 2 rings (SSSR count). The molecule has 1 aromatic rings. The van der Waals surface area contributed by atoms with Crippen LogP contribution in [-0.2, 0) is 0 Å². The molecular weight excluding hydrogens is 352 g/mol. The molecular formula is C28H46O. The molecule has 0 aromatic heterocycles. The molecule has 0 heterocycles. The summed E-state index contributed by atoms with van der Waals surface area (Å²) >= 11 is 0. The Balaban J connectivity index is 1.61. The van der Waals surface area contributed by atoms with Gasteiger partial charge in [-0.15, -0.1) is 0 Å². The fourth-order valence-electron chi connectivity index (χ4n) is 4.46. The zero-order valence-corrected chi connectivity index (χ0v) is 19.4. The van der Waals surface area contributed by atoms with Crippen molar-refractivity contribution >= 4 is 5.57 Å². The van der Waals surface area contributed by atoms with Crippen LogP contribution in [0.3, 0.4) is 0 Å². The summed E-state index contributed by atoms with van der Waals surface area (Å²) in [6.07, 6.45) is 24.2. The summed E-state index contributed by atoms with van der Waals surface area (Å²) in [6.45, 7) is 5.42. The van der Waals surface area contributed by atoms with Gasteiger partial charge in [-0.2, -0.15) is 0 Å². The molecule has 0 N–H and O–H groups in total. The third-order valence-electron chi connectivity index (χ3n) is 6.48. The van der Waals surface area contributed by atoms with Crippen molar-refractivity contribution in [2.45, 2.75) is 117 Å². The summed E-state index contributed by atoms with van der Waals surface area (Å²) in [7, 11) is 0. The molecule has 164 valence electrons. The monoisotopic (exact) mass is 398 g/mol. The van der Waals surface area contributed by atoms with Crippen LogP contribution < -0.4 is 4.74 Å². The third kappa shape index (κ3) is 10.4. The molecule has 0 aliphatic heterocycles. The van der Waals surface area contributed by atoms with E-state index in [1.807, 2.05) is 0 Å². The quantitative estimate of drug-likeness (QED) is 0.252. The van der Waals surface area contributed by atoms with Gasteiger partial charge in [0.25, 0.3) is 0 Å². The molecule has 1 atom stereocenters. The fraction of sp³-hybridized carbons (Fsp3) is 0.714.